The molecule has 0 bridgehead atoms. The van der Waals surface area contributed by atoms with Gasteiger partial charge in [0.2, 0.25) is 0 Å². The quantitative estimate of drug-likeness (QED) is 0.286. The van der Waals surface area contributed by atoms with Gasteiger partial charge in [-0.05, 0) is 30.3 Å². The molecule has 0 atom stereocenters. The number of hydrogen-bond acceptors (Lipinski definition) is 3. The van der Waals surface area contributed by atoms with Gasteiger partial charge in [0.25, 0.3) is 0 Å². The highest BCUT2D eigenvalue weighted by molar-refractivity contribution is 6.33. The summed E-state index contributed by atoms with van der Waals surface area (Å²) in [7, 11) is 0. The van der Waals surface area contributed by atoms with E-state index in [0.29, 0.717) is 12.1 Å². The number of fused-ring (bicyclic) bond motifs is 1. The maximum atomic E-state index is 13.4. The number of aromatic amines is 1. The van der Waals surface area contributed by atoms with Crippen LogP contribution in [-0.2, 0) is 18.5 Å². The average Bonchev–Trinajstić information content (AvgIpc) is 3.15. The summed E-state index contributed by atoms with van der Waals surface area (Å²) in [6.07, 6.45) is -12.9. The molecule has 0 aliphatic heterocycles. The summed E-state index contributed by atoms with van der Waals surface area (Å²) in [6.45, 7) is 0. The van der Waals surface area contributed by atoms with Crippen LogP contribution in [0.15, 0.2) is 42.7 Å². The van der Waals surface area contributed by atoms with Crippen LogP contribution in [0.1, 0.15) is 16.7 Å². The maximum absolute atomic E-state index is 13.4. The van der Waals surface area contributed by atoms with E-state index in [-0.39, 0.29) is 28.8 Å². The molecule has 178 valence electrons. The predicted octanol–water partition coefficient (Wildman–Crippen LogP) is 7.40. The lowest BCUT2D eigenvalue weighted by molar-refractivity contribution is -0.142. The van der Waals surface area contributed by atoms with Gasteiger partial charge in [0, 0.05) is 18.0 Å². The first-order chi connectivity index (χ1) is 15.7. The molecule has 34 heavy (non-hydrogen) atoms. The third-order valence-corrected chi connectivity index (χ3v) is 5.08. The average molecular weight is 511 g/mol. The summed E-state index contributed by atoms with van der Waals surface area (Å²) in [5.41, 5.74) is -5.76. The second kappa shape index (κ2) is 7.86. The van der Waals surface area contributed by atoms with E-state index in [1.807, 2.05) is 0 Å². The third kappa shape index (κ3) is 4.39. The van der Waals surface area contributed by atoms with Crippen LogP contribution in [0.3, 0.4) is 0 Å². The van der Waals surface area contributed by atoms with Crippen LogP contribution in [-0.4, -0.2) is 19.9 Å². The number of aromatic nitrogens is 4. The number of rotatable bonds is 2. The number of nitrogens with one attached hydrogen (secondary N) is 1. The van der Waals surface area contributed by atoms with Crippen molar-refractivity contribution < 1.29 is 39.5 Å². The Hall–Kier alpha value is -3.35. The lowest BCUT2D eigenvalue weighted by Crippen LogP contribution is -2.11. The van der Waals surface area contributed by atoms with E-state index in [1.54, 1.807) is 0 Å². The molecule has 0 aliphatic rings. The Morgan fingerprint density at radius 2 is 1.44 bits per heavy atom. The number of imidazole rings is 1. The molecule has 0 saturated heterocycles. The van der Waals surface area contributed by atoms with E-state index >= 15 is 0 Å². The molecule has 1 aromatic carbocycles. The Balaban J connectivity index is 1.78. The fraction of sp³-hybridized carbons (Fsp3) is 0.150. The van der Waals surface area contributed by atoms with Crippen molar-refractivity contribution in [2.24, 2.45) is 0 Å². The molecule has 0 unspecified atom stereocenters. The summed E-state index contributed by atoms with van der Waals surface area (Å²) in [6, 6.07) is 3.58. The van der Waals surface area contributed by atoms with E-state index in [4.69, 9.17) is 11.6 Å². The number of alkyl halides is 9. The van der Waals surface area contributed by atoms with Gasteiger partial charge < -0.3 is 4.98 Å². The lowest BCUT2D eigenvalue weighted by Gasteiger charge is -2.11. The zero-order valence-corrected chi connectivity index (χ0v) is 16.9. The predicted molar refractivity (Wildman–Crippen MR) is 103 cm³/mol. The first-order valence-corrected chi connectivity index (χ1v) is 9.40. The van der Waals surface area contributed by atoms with Crippen molar-refractivity contribution in [2.45, 2.75) is 18.5 Å². The van der Waals surface area contributed by atoms with Gasteiger partial charge in [0.15, 0.2) is 5.82 Å². The van der Waals surface area contributed by atoms with Crippen molar-refractivity contribution in [3.63, 3.8) is 0 Å². The second-order valence-electron chi connectivity index (χ2n) is 6.95. The standard InChI is InChI=1S/C20H8ClF9N4/c21-14-10(19(25,26)27)3-4-31-15(14)8-1-2-12(32-7-8)17-33-13-6-9(18(22,23)24)5-11(16(13)34-17)20(28,29)30/h1-7H,(H,33,34). The molecule has 1 N–H and O–H groups in total. The van der Waals surface area contributed by atoms with Crippen molar-refractivity contribution in [1.29, 1.82) is 0 Å². The minimum atomic E-state index is -5.12. The number of pyridine rings is 2. The fourth-order valence-electron chi connectivity index (χ4n) is 3.16. The molecule has 3 aromatic heterocycles. The highest BCUT2D eigenvalue weighted by atomic mass is 35.5. The monoisotopic (exact) mass is 510 g/mol. The summed E-state index contributed by atoms with van der Waals surface area (Å²) in [5.74, 6) is -0.283. The van der Waals surface area contributed by atoms with Gasteiger partial charge in [-0.2, -0.15) is 39.5 Å². The van der Waals surface area contributed by atoms with Gasteiger partial charge in [-0.1, -0.05) is 11.6 Å². The molecule has 4 rings (SSSR count). The largest absolute Gasteiger partial charge is 0.418 e. The molecule has 0 fully saturated rings. The minimum absolute atomic E-state index is 0.0369. The Labute approximate surface area is 188 Å². The number of H-pyrrole nitrogens is 1. The van der Waals surface area contributed by atoms with Crippen molar-refractivity contribution in [3.05, 3.63) is 64.4 Å². The molecular formula is C20H8ClF9N4. The molecule has 0 radical (unpaired) electrons. The smallest absolute Gasteiger partial charge is 0.337 e. The van der Waals surface area contributed by atoms with Gasteiger partial charge in [0.05, 0.1) is 32.9 Å². The first-order valence-electron chi connectivity index (χ1n) is 9.03. The second-order valence-corrected chi connectivity index (χ2v) is 7.33. The van der Waals surface area contributed by atoms with Crippen LogP contribution in [0, 0.1) is 0 Å². The van der Waals surface area contributed by atoms with Gasteiger partial charge in [0.1, 0.15) is 11.2 Å². The zero-order valence-electron chi connectivity index (χ0n) is 16.2. The van der Waals surface area contributed by atoms with Crippen molar-refractivity contribution in [1.82, 2.24) is 19.9 Å². The van der Waals surface area contributed by atoms with Crippen LogP contribution < -0.4 is 0 Å². The molecule has 0 aliphatic carbocycles. The molecular weight excluding hydrogens is 503 g/mol. The van der Waals surface area contributed by atoms with E-state index in [9.17, 15) is 39.5 Å². The molecule has 0 spiro atoms. The number of hydrogen-bond donors (Lipinski definition) is 1. The molecule has 4 aromatic rings. The van der Waals surface area contributed by atoms with Gasteiger partial charge >= 0.3 is 18.5 Å². The molecule has 0 saturated carbocycles. The molecule has 4 nitrogen and oxygen atoms in total. The number of halogens is 10. The summed E-state index contributed by atoms with van der Waals surface area (Å²) in [5, 5.41) is -0.678. The highest BCUT2D eigenvalue weighted by Gasteiger charge is 2.39. The lowest BCUT2D eigenvalue weighted by atomic mass is 10.1. The highest BCUT2D eigenvalue weighted by Crippen LogP contribution is 2.41. The normalized spacial score (nSPS) is 13.0. The van der Waals surface area contributed by atoms with Gasteiger partial charge in [-0.25, -0.2) is 4.98 Å². The van der Waals surface area contributed by atoms with Crippen LogP contribution in [0.5, 0.6) is 0 Å². The van der Waals surface area contributed by atoms with E-state index in [2.05, 4.69) is 19.9 Å². The summed E-state index contributed by atoms with van der Waals surface area (Å²) < 4.78 is 118. The van der Waals surface area contributed by atoms with Gasteiger partial charge in [-0.15, -0.1) is 0 Å². The summed E-state index contributed by atoms with van der Waals surface area (Å²) in [4.78, 5) is 13.9. The number of benzene rings is 1. The SMILES string of the molecule is FC(F)(F)c1cc(C(F)(F)F)c2nc(-c3ccc(-c4nccc(C(F)(F)F)c4Cl)cn3)[nH]c2c1. The topological polar surface area (TPSA) is 54.5 Å². The Morgan fingerprint density at radius 3 is 2.00 bits per heavy atom. The first kappa shape index (κ1) is 23.8. The molecule has 14 heteroatoms. The van der Waals surface area contributed by atoms with Crippen LogP contribution >= 0.6 is 11.6 Å². The molecule has 0 amide bonds. The third-order valence-electron chi connectivity index (χ3n) is 4.69. The molecule has 3 heterocycles. The minimum Gasteiger partial charge on any atom is -0.337 e. The summed E-state index contributed by atoms with van der Waals surface area (Å²) >= 11 is 5.82. The fourth-order valence-corrected chi connectivity index (χ4v) is 3.48. The zero-order chi connectivity index (χ0) is 25.1. The van der Waals surface area contributed by atoms with Gasteiger partial charge in [-0.3, -0.25) is 9.97 Å². The van der Waals surface area contributed by atoms with Crippen LogP contribution in [0.2, 0.25) is 5.02 Å². The van der Waals surface area contributed by atoms with Crippen molar-refractivity contribution in [2.75, 3.05) is 0 Å². The Kier molecular flexibility index (Phi) is 5.50. The van der Waals surface area contributed by atoms with Crippen LogP contribution in [0.4, 0.5) is 39.5 Å². The Morgan fingerprint density at radius 1 is 0.765 bits per heavy atom. The van der Waals surface area contributed by atoms with Crippen molar-refractivity contribution >= 4 is 22.6 Å². The van der Waals surface area contributed by atoms with E-state index in [0.717, 1.165) is 12.4 Å². The Bertz CT molecular complexity index is 1370. The maximum Gasteiger partial charge on any atom is 0.418 e. The van der Waals surface area contributed by atoms with Crippen molar-refractivity contribution in [3.8, 4) is 22.8 Å². The van der Waals surface area contributed by atoms with E-state index < -0.39 is 51.3 Å². The van der Waals surface area contributed by atoms with E-state index in [1.165, 1.54) is 12.1 Å². The van der Waals surface area contributed by atoms with Crippen LogP contribution in [0.25, 0.3) is 33.8 Å². The number of nitrogens with zero attached hydrogens (tertiary/aromatic N) is 3.